The molecule has 0 bridgehead atoms. The predicted molar refractivity (Wildman–Crippen MR) is 92.2 cm³/mol. The van der Waals surface area contributed by atoms with E-state index in [9.17, 15) is 9.59 Å². The first-order valence-electron chi connectivity index (χ1n) is 6.96. The normalized spacial score (nSPS) is 11.6. The molecule has 23 heavy (non-hydrogen) atoms. The Balaban J connectivity index is 2.16. The van der Waals surface area contributed by atoms with Crippen molar-refractivity contribution < 1.29 is 14.3 Å². The number of amides is 1. The molecular weight excluding hydrogens is 360 g/mol. The quantitative estimate of drug-likeness (QED) is 0.633. The van der Waals surface area contributed by atoms with Crippen LogP contribution >= 0.6 is 15.9 Å². The first-order chi connectivity index (χ1) is 10.9. The number of esters is 1. The lowest BCUT2D eigenvalue weighted by atomic mass is 10.0. The van der Waals surface area contributed by atoms with Crippen LogP contribution in [0.25, 0.3) is 0 Å². The molecule has 6 heteroatoms. The predicted octanol–water partition coefficient (Wildman–Crippen LogP) is 3.31. The third-order valence-corrected chi connectivity index (χ3v) is 3.91. The third kappa shape index (κ3) is 4.10. The molecule has 2 aromatic carbocycles. The standard InChI is InChI=1S/C17H17BrN2O3/c1-10(11-4-3-5-12(8-11)17(22)23-2)20-16(21)14-7-6-13(18)9-15(14)19/h3-10H,19H2,1-2H3,(H,20,21)/t10-/m1/s1. The van der Waals surface area contributed by atoms with Gasteiger partial charge in [0, 0.05) is 10.2 Å². The average Bonchev–Trinajstić information content (AvgIpc) is 2.54. The van der Waals surface area contributed by atoms with E-state index in [-0.39, 0.29) is 11.9 Å². The van der Waals surface area contributed by atoms with Crippen LogP contribution in [0.15, 0.2) is 46.9 Å². The molecular formula is C17H17BrN2O3. The second-order valence-electron chi connectivity index (χ2n) is 5.04. The van der Waals surface area contributed by atoms with Crippen LogP contribution in [-0.2, 0) is 4.74 Å². The van der Waals surface area contributed by atoms with Crippen LogP contribution in [0.1, 0.15) is 39.2 Å². The molecule has 1 atom stereocenters. The molecule has 0 heterocycles. The molecule has 0 aromatic heterocycles. The first kappa shape index (κ1) is 17.0. The van der Waals surface area contributed by atoms with Crippen molar-refractivity contribution in [2.24, 2.45) is 0 Å². The van der Waals surface area contributed by atoms with Gasteiger partial charge in [0.05, 0.1) is 24.3 Å². The minimum atomic E-state index is -0.414. The summed E-state index contributed by atoms with van der Waals surface area (Å²) < 4.78 is 5.51. The van der Waals surface area contributed by atoms with Crippen molar-refractivity contribution in [2.75, 3.05) is 12.8 Å². The van der Waals surface area contributed by atoms with E-state index in [0.717, 1.165) is 10.0 Å². The highest BCUT2D eigenvalue weighted by Gasteiger charge is 2.15. The van der Waals surface area contributed by atoms with Gasteiger partial charge < -0.3 is 15.8 Å². The van der Waals surface area contributed by atoms with Crippen molar-refractivity contribution in [1.82, 2.24) is 5.32 Å². The van der Waals surface area contributed by atoms with E-state index in [4.69, 9.17) is 10.5 Å². The molecule has 1 amide bonds. The van der Waals surface area contributed by atoms with E-state index in [1.165, 1.54) is 7.11 Å². The minimum Gasteiger partial charge on any atom is -0.465 e. The Labute approximate surface area is 143 Å². The molecule has 0 fully saturated rings. The summed E-state index contributed by atoms with van der Waals surface area (Å²) in [6, 6.07) is 11.8. The number of rotatable bonds is 4. The van der Waals surface area contributed by atoms with Gasteiger partial charge in [0.1, 0.15) is 0 Å². The van der Waals surface area contributed by atoms with Gasteiger partial charge in [-0.15, -0.1) is 0 Å². The van der Waals surface area contributed by atoms with Crippen LogP contribution in [-0.4, -0.2) is 19.0 Å². The summed E-state index contributed by atoms with van der Waals surface area (Å²) in [4.78, 5) is 23.9. The Morgan fingerprint density at radius 2 is 1.96 bits per heavy atom. The maximum absolute atomic E-state index is 12.3. The molecule has 0 saturated heterocycles. The van der Waals surface area contributed by atoms with Crippen molar-refractivity contribution in [2.45, 2.75) is 13.0 Å². The number of nitrogens with two attached hydrogens (primary N) is 1. The largest absolute Gasteiger partial charge is 0.465 e. The summed E-state index contributed by atoms with van der Waals surface area (Å²) in [5, 5.41) is 2.87. The Kier molecular flexibility index (Phi) is 5.39. The number of hydrogen-bond donors (Lipinski definition) is 2. The van der Waals surface area contributed by atoms with Crippen molar-refractivity contribution >= 4 is 33.5 Å². The van der Waals surface area contributed by atoms with Gasteiger partial charge in [0.2, 0.25) is 0 Å². The molecule has 3 N–H and O–H groups in total. The van der Waals surface area contributed by atoms with Gasteiger partial charge in [-0.2, -0.15) is 0 Å². The molecule has 0 spiro atoms. The number of carbonyl (C=O) groups is 2. The summed E-state index contributed by atoms with van der Waals surface area (Å²) in [6.45, 7) is 1.84. The molecule has 0 unspecified atom stereocenters. The number of hydrogen-bond acceptors (Lipinski definition) is 4. The number of carbonyl (C=O) groups excluding carboxylic acids is 2. The summed E-state index contributed by atoms with van der Waals surface area (Å²) in [5.41, 5.74) is 7.91. The molecule has 120 valence electrons. The molecule has 2 rings (SSSR count). The minimum absolute atomic E-state index is 0.272. The highest BCUT2D eigenvalue weighted by atomic mass is 79.9. The highest BCUT2D eigenvalue weighted by molar-refractivity contribution is 9.10. The molecule has 2 aromatic rings. The van der Waals surface area contributed by atoms with Crippen LogP contribution in [0.2, 0.25) is 0 Å². The Hall–Kier alpha value is -2.34. The van der Waals surface area contributed by atoms with Crippen LogP contribution < -0.4 is 11.1 Å². The van der Waals surface area contributed by atoms with Gasteiger partial charge in [-0.1, -0.05) is 28.1 Å². The highest BCUT2D eigenvalue weighted by Crippen LogP contribution is 2.20. The number of ether oxygens (including phenoxy) is 1. The fraction of sp³-hybridized carbons (Fsp3) is 0.176. The number of benzene rings is 2. The Morgan fingerprint density at radius 1 is 1.22 bits per heavy atom. The lowest BCUT2D eigenvalue weighted by Gasteiger charge is -2.16. The zero-order chi connectivity index (χ0) is 17.0. The number of nitrogen functional groups attached to an aromatic ring is 1. The fourth-order valence-electron chi connectivity index (χ4n) is 2.15. The molecule has 0 aliphatic rings. The third-order valence-electron chi connectivity index (χ3n) is 3.41. The summed E-state index contributed by atoms with van der Waals surface area (Å²) >= 11 is 3.31. The second kappa shape index (κ2) is 7.28. The molecule has 0 aliphatic heterocycles. The van der Waals surface area contributed by atoms with Gasteiger partial charge in [0.25, 0.3) is 5.91 Å². The topological polar surface area (TPSA) is 81.4 Å². The number of halogens is 1. The summed E-state index contributed by atoms with van der Waals surface area (Å²) in [7, 11) is 1.33. The van der Waals surface area contributed by atoms with Gasteiger partial charge >= 0.3 is 5.97 Å². The average molecular weight is 377 g/mol. The van der Waals surface area contributed by atoms with E-state index in [2.05, 4.69) is 21.2 Å². The number of anilines is 1. The Bertz CT molecular complexity index is 746. The van der Waals surface area contributed by atoms with Crippen LogP contribution in [0.3, 0.4) is 0 Å². The maximum atomic E-state index is 12.3. The fourth-order valence-corrected chi connectivity index (χ4v) is 2.53. The van der Waals surface area contributed by atoms with Crippen molar-refractivity contribution in [1.29, 1.82) is 0 Å². The lowest BCUT2D eigenvalue weighted by molar-refractivity contribution is 0.0600. The van der Waals surface area contributed by atoms with E-state index in [1.54, 1.807) is 36.4 Å². The van der Waals surface area contributed by atoms with Crippen molar-refractivity contribution in [3.63, 3.8) is 0 Å². The Morgan fingerprint density at radius 3 is 2.61 bits per heavy atom. The van der Waals surface area contributed by atoms with Crippen molar-refractivity contribution in [3.05, 3.63) is 63.6 Å². The SMILES string of the molecule is COC(=O)c1cccc([C@@H](C)NC(=O)c2ccc(Br)cc2N)c1. The molecule has 0 saturated carbocycles. The zero-order valence-electron chi connectivity index (χ0n) is 12.8. The summed E-state index contributed by atoms with van der Waals surface area (Å²) in [6.07, 6.45) is 0. The summed E-state index contributed by atoms with van der Waals surface area (Å²) in [5.74, 6) is -0.687. The van der Waals surface area contributed by atoms with Crippen LogP contribution in [0, 0.1) is 0 Å². The lowest BCUT2D eigenvalue weighted by Crippen LogP contribution is -2.27. The molecule has 5 nitrogen and oxygen atoms in total. The first-order valence-corrected chi connectivity index (χ1v) is 7.76. The molecule has 0 aliphatic carbocycles. The van der Waals surface area contributed by atoms with E-state index < -0.39 is 5.97 Å². The smallest absolute Gasteiger partial charge is 0.337 e. The van der Waals surface area contributed by atoms with Gasteiger partial charge in [0.15, 0.2) is 0 Å². The number of methoxy groups -OCH3 is 1. The van der Waals surface area contributed by atoms with E-state index in [1.807, 2.05) is 13.0 Å². The monoisotopic (exact) mass is 376 g/mol. The van der Waals surface area contributed by atoms with E-state index in [0.29, 0.717) is 16.8 Å². The van der Waals surface area contributed by atoms with Gasteiger partial charge in [-0.3, -0.25) is 4.79 Å². The van der Waals surface area contributed by atoms with Crippen LogP contribution in [0.4, 0.5) is 5.69 Å². The van der Waals surface area contributed by atoms with Crippen molar-refractivity contribution in [3.8, 4) is 0 Å². The number of nitrogens with one attached hydrogen (secondary N) is 1. The van der Waals surface area contributed by atoms with Gasteiger partial charge in [-0.25, -0.2) is 4.79 Å². The van der Waals surface area contributed by atoms with E-state index >= 15 is 0 Å². The second-order valence-corrected chi connectivity index (χ2v) is 5.96. The zero-order valence-corrected chi connectivity index (χ0v) is 14.4. The van der Waals surface area contributed by atoms with Crippen LogP contribution in [0.5, 0.6) is 0 Å². The molecule has 0 radical (unpaired) electrons. The van der Waals surface area contributed by atoms with Gasteiger partial charge in [-0.05, 0) is 42.8 Å². The maximum Gasteiger partial charge on any atom is 0.337 e.